The Morgan fingerprint density at radius 2 is 2.05 bits per heavy atom. The minimum Gasteiger partial charge on any atom is -0.373 e. The molecule has 1 amide bonds. The van der Waals surface area contributed by atoms with Crippen LogP contribution in [0.1, 0.15) is 52.4 Å². The van der Waals surface area contributed by atoms with E-state index in [1.165, 1.54) is 0 Å². The van der Waals surface area contributed by atoms with E-state index in [-0.39, 0.29) is 16.9 Å². The Morgan fingerprint density at radius 3 is 2.63 bits per heavy atom. The van der Waals surface area contributed by atoms with Crippen LogP contribution in [-0.4, -0.2) is 37.7 Å². The highest BCUT2D eigenvalue weighted by molar-refractivity contribution is 5.82. The van der Waals surface area contributed by atoms with Gasteiger partial charge in [-0.05, 0) is 52.1 Å². The SMILES string of the molecule is CCCC1(C(=O)NCC2(C)CCCO2)CCNCC1. The molecule has 0 aliphatic carbocycles. The van der Waals surface area contributed by atoms with Gasteiger partial charge in [0.2, 0.25) is 5.91 Å². The molecule has 1 atom stereocenters. The molecule has 4 nitrogen and oxygen atoms in total. The van der Waals surface area contributed by atoms with Gasteiger partial charge in [0.1, 0.15) is 0 Å². The first kappa shape index (κ1) is 14.8. The van der Waals surface area contributed by atoms with Gasteiger partial charge in [0.05, 0.1) is 11.0 Å². The number of hydrogen-bond donors (Lipinski definition) is 2. The molecule has 110 valence electrons. The number of carbonyl (C=O) groups excluding carboxylic acids is 1. The van der Waals surface area contributed by atoms with Crippen LogP contribution in [0, 0.1) is 5.41 Å². The summed E-state index contributed by atoms with van der Waals surface area (Å²) in [5.74, 6) is 0.243. The van der Waals surface area contributed by atoms with E-state index in [0.29, 0.717) is 6.54 Å². The Kier molecular flexibility index (Phi) is 4.85. The second-order valence-corrected chi connectivity index (χ2v) is 6.36. The molecule has 2 aliphatic rings. The van der Waals surface area contributed by atoms with Crippen molar-refractivity contribution in [3.8, 4) is 0 Å². The van der Waals surface area contributed by atoms with E-state index in [4.69, 9.17) is 4.74 Å². The minimum absolute atomic E-state index is 0.143. The average Bonchev–Trinajstić information content (AvgIpc) is 2.85. The molecule has 0 spiro atoms. The maximum Gasteiger partial charge on any atom is 0.226 e. The molecule has 0 saturated carbocycles. The van der Waals surface area contributed by atoms with Crippen molar-refractivity contribution in [3.63, 3.8) is 0 Å². The first-order valence-electron chi connectivity index (χ1n) is 7.73. The predicted molar refractivity (Wildman–Crippen MR) is 76.0 cm³/mol. The lowest BCUT2D eigenvalue weighted by Crippen LogP contribution is -2.50. The maximum absolute atomic E-state index is 12.6. The molecular weight excluding hydrogens is 240 g/mol. The standard InChI is InChI=1S/C15H28N2O2/c1-3-5-15(7-9-16-10-8-15)13(18)17-12-14(2)6-4-11-19-14/h16H,3-12H2,1-2H3,(H,17,18). The molecule has 1 unspecified atom stereocenters. The van der Waals surface area contributed by atoms with Crippen molar-refractivity contribution in [1.29, 1.82) is 0 Å². The Morgan fingerprint density at radius 1 is 1.32 bits per heavy atom. The molecule has 2 N–H and O–H groups in total. The summed E-state index contributed by atoms with van der Waals surface area (Å²) in [7, 11) is 0. The lowest BCUT2D eigenvalue weighted by Gasteiger charge is -2.37. The van der Waals surface area contributed by atoms with Crippen molar-refractivity contribution in [2.24, 2.45) is 5.41 Å². The first-order chi connectivity index (χ1) is 9.10. The number of carbonyl (C=O) groups is 1. The summed E-state index contributed by atoms with van der Waals surface area (Å²) in [6.07, 6.45) is 6.15. The molecule has 2 heterocycles. The van der Waals surface area contributed by atoms with Gasteiger partial charge in [-0.3, -0.25) is 4.79 Å². The predicted octanol–water partition coefficient (Wildman–Crippen LogP) is 1.84. The van der Waals surface area contributed by atoms with E-state index in [0.717, 1.165) is 58.2 Å². The third-order valence-electron chi connectivity index (χ3n) is 4.69. The number of ether oxygens (including phenoxy) is 1. The lowest BCUT2D eigenvalue weighted by molar-refractivity contribution is -0.134. The van der Waals surface area contributed by atoms with Gasteiger partial charge in [-0.1, -0.05) is 13.3 Å². The molecule has 0 radical (unpaired) electrons. The molecule has 4 heteroatoms. The molecule has 2 aliphatic heterocycles. The van der Waals surface area contributed by atoms with E-state index in [1.54, 1.807) is 0 Å². The van der Waals surface area contributed by atoms with Crippen LogP contribution in [0.5, 0.6) is 0 Å². The van der Waals surface area contributed by atoms with E-state index in [9.17, 15) is 4.79 Å². The molecule has 0 aromatic heterocycles. The highest BCUT2D eigenvalue weighted by Gasteiger charge is 2.39. The number of piperidine rings is 1. The molecule has 2 saturated heterocycles. The summed E-state index contributed by atoms with van der Waals surface area (Å²) in [4.78, 5) is 12.6. The Hall–Kier alpha value is -0.610. The third kappa shape index (κ3) is 3.48. The lowest BCUT2D eigenvalue weighted by atomic mass is 9.74. The van der Waals surface area contributed by atoms with Gasteiger partial charge >= 0.3 is 0 Å². The highest BCUT2D eigenvalue weighted by atomic mass is 16.5. The van der Waals surface area contributed by atoms with Crippen LogP contribution in [0.15, 0.2) is 0 Å². The maximum atomic E-state index is 12.6. The smallest absolute Gasteiger partial charge is 0.226 e. The summed E-state index contributed by atoms with van der Waals surface area (Å²) in [6.45, 7) is 7.68. The fourth-order valence-electron chi connectivity index (χ4n) is 3.41. The molecule has 0 bridgehead atoms. The van der Waals surface area contributed by atoms with Crippen LogP contribution in [-0.2, 0) is 9.53 Å². The van der Waals surface area contributed by atoms with Crippen LogP contribution in [0.25, 0.3) is 0 Å². The van der Waals surface area contributed by atoms with Crippen molar-refractivity contribution in [3.05, 3.63) is 0 Å². The van der Waals surface area contributed by atoms with Gasteiger partial charge in [0.15, 0.2) is 0 Å². The zero-order valence-electron chi connectivity index (χ0n) is 12.4. The van der Waals surface area contributed by atoms with Crippen molar-refractivity contribution in [2.45, 2.75) is 58.0 Å². The zero-order valence-corrected chi connectivity index (χ0v) is 12.4. The average molecular weight is 268 g/mol. The Bertz CT molecular complexity index is 300. The van der Waals surface area contributed by atoms with Crippen molar-refractivity contribution < 1.29 is 9.53 Å². The summed E-state index contributed by atoms with van der Waals surface area (Å²) in [6, 6.07) is 0. The van der Waals surface area contributed by atoms with E-state index < -0.39 is 0 Å². The van der Waals surface area contributed by atoms with Crippen LogP contribution < -0.4 is 10.6 Å². The van der Waals surface area contributed by atoms with Crippen LogP contribution in [0.3, 0.4) is 0 Å². The van der Waals surface area contributed by atoms with Crippen molar-refractivity contribution >= 4 is 5.91 Å². The summed E-state index contributed by atoms with van der Waals surface area (Å²) >= 11 is 0. The third-order valence-corrected chi connectivity index (χ3v) is 4.69. The van der Waals surface area contributed by atoms with Crippen LogP contribution in [0.2, 0.25) is 0 Å². The molecule has 19 heavy (non-hydrogen) atoms. The molecule has 2 fully saturated rings. The molecule has 2 rings (SSSR count). The van der Waals surface area contributed by atoms with Crippen LogP contribution >= 0.6 is 0 Å². The number of hydrogen-bond acceptors (Lipinski definition) is 3. The van der Waals surface area contributed by atoms with Gasteiger partial charge < -0.3 is 15.4 Å². The van der Waals surface area contributed by atoms with E-state index in [1.807, 2.05) is 0 Å². The van der Waals surface area contributed by atoms with Gasteiger partial charge in [-0.25, -0.2) is 0 Å². The zero-order chi connectivity index (χ0) is 13.8. The van der Waals surface area contributed by atoms with Gasteiger partial charge in [0, 0.05) is 13.2 Å². The highest BCUT2D eigenvalue weighted by Crippen LogP contribution is 2.34. The fraction of sp³-hybridized carbons (Fsp3) is 0.933. The van der Waals surface area contributed by atoms with Crippen molar-refractivity contribution in [2.75, 3.05) is 26.2 Å². The molecular formula is C15H28N2O2. The number of amides is 1. The summed E-state index contributed by atoms with van der Waals surface area (Å²) in [5, 5.41) is 6.52. The fourth-order valence-corrected chi connectivity index (χ4v) is 3.41. The Labute approximate surface area is 116 Å². The second kappa shape index (κ2) is 6.23. The van der Waals surface area contributed by atoms with Crippen LogP contribution in [0.4, 0.5) is 0 Å². The van der Waals surface area contributed by atoms with Gasteiger partial charge in [-0.15, -0.1) is 0 Å². The van der Waals surface area contributed by atoms with Gasteiger partial charge in [0.25, 0.3) is 0 Å². The monoisotopic (exact) mass is 268 g/mol. The quantitative estimate of drug-likeness (QED) is 0.800. The minimum atomic E-state index is -0.144. The summed E-state index contributed by atoms with van der Waals surface area (Å²) in [5.41, 5.74) is -0.287. The first-order valence-corrected chi connectivity index (χ1v) is 7.73. The number of nitrogens with one attached hydrogen (secondary N) is 2. The van der Waals surface area contributed by atoms with E-state index in [2.05, 4.69) is 24.5 Å². The largest absolute Gasteiger partial charge is 0.373 e. The van der Waals surface area contributed by atoms with E-state index >= 15 is 0 Å². The summed E-state index contributed by atoms with van der Waals surface area (Å²) < 4.78 is 5.74. The Balaban J connectivity index is 1.91. The number of rotatable bonds is 5. The van der Waals surface area contributed by atoms with Crippen molar-refractivity contribution in [1.82, 2.24) is 10.6 Å². The molecule has 0 aromatic rings. The topological polar surface area (TPSA) is 50.4 Å². The second-order valence-electron chi connectivity index (χ2n) is 6.36. The normalized spacial score (nSPS) is 30.2. The molecule has 0 aromatic carbocycles. The van der Waals surface area contributed by atoms with Gasteiger partial charge in [-0.2, -0.15) is 0 Å².